The molecule has 1 aliphatic rings. The van der Waals surface area contributed by atoms with Crippen LogP contribution in [-0.4, -0.2) is 29.8 Å². The van der Waals surface area contributed by atoms with Crippen molar-refractivity contribution < 1.29 is 32.5 Å². The second-order valence-electron chi connectivity index (χ2n) is 3.86. The fraction of sp³-hybridized carbons (Fsp3) is 0.250. The van der Waals surface area contributed by atoms with Crippen molar-refractivity contribution in [3.63, 3.8) is 0 Å². The molecule has 2 rings (SSSR count). The van der Waals surface area contributed by atoms with E-state index in [-0.39, 0.29) is 5.75 Å². The molecule has 0 amide bonds. The maximum atomic E-state index is 12.8. The fourth-order valence-corrected chi connectivity index (χ4v) is 2.15. The first-order valence-corrected chi connectivity index (χ1v) is 6.57. The summed E-state index contributed by atoms with van der Waals surface area (Å²) in [5, 5.41) is 8.51. The molecule has 1 aliphatic heterocycles. The van der Waals surface area contributed by atoms with Gasteiger partial charge < -0.3 is 14.6 Å². The lowest BCUT2D eigenvalue weighted by Crippen LogP contribution is -2.39. The van der Waals surface area contributed by atoms with Crippen LogP contribution < -0.4 is 4.74 Å². The summed E-state index contributed by atoms with van der Waals surface area (Å²) < 4.78 is 47.5. The maximum absolute atomic E-state index is 12.8. The van der Waals surface area contributed by atoms with Gasteiger partial charge in [0.25, 0.3) is 6.10 Å². The molecule has 1 N–H and O–H groups in total. The highest BCUT2D eigenvalue weighted by Crippen LogP contribution is 2.38. The third kappa shape index (κ3) is 3.01. The van der Waals surface area contributed by atoms with Crippen LogP contribution in [-0.2, 0) is 4.74 Å². The zero-order valence-electron chi connectivity index (χ0n) is 10.1. The number of carbonyl (C=O) groups is 1. The molecule has 1 aromatic carbocycles. The Morgan fingerprint density at radius 1 is 1.45 bits per heavy atom. The van der Waals surface area contributed by atoms with Crippen LogP contribution in [0.25, 0.3) is 6.08 Å². The van der Waals surface area contributed by atoms with Crippen molar-refractivity contribution in [3.8, 4) is 5.75 Å². The monoisotopic (exact) mass is 306 g/mol. The van der Waals surface area contributed by atoms with Gasteiger partial charge in [-0.3, -0.25) is 0 Å². The van der Waals surface area contributed by atoms with E-state index in [1.807, 2.05) is 6.26 Å². The molecular formula is C12H9F3O4S. The number of rotatable bonds is 2. The molecule has 108 valence electrons. The van der Waals surface area contributed by atoms with E-state index in [1.54, 1.807) is 12.1 Å². The van der Waals surface area contributed by atoms with Crippen LogP contribution in [0, 0.1) is 0 Å². The summed E-state index contributed by atoms with van der Waals surface area (Å²) in [6.07, 6.45) is -6.17. The molecule has 1 atom stereocenters. The minimum absolute atomic E-state index is 0.0304. The Hall–Kier alpha value is -1.83. The minimum atomic E-state index is -4.77. The van der Waals surface area contributed by atoms with E-state index in [1.165, 1.54) is 17.8 Å². The van der Waals surface area contributed by atoms with Crippen molar-refractivity contribution in [2.45, 2.75) is 17.2 Å². The number of benzene rings is 1. The van der Waals surface area contributed by atoms with Crippen LogP contribution in [0.15, 0.2) is 28.9 Å². The third-order valence-electron chi connectivity index (χ3n) is 2.52. The number of thioether (sulfide) groups is 1. The van der Waals surface area contributed by atoms with E-state index >= 15 is 0 Å². The zero-order valence-corrected chi connectivity index (χ0v) is 10.9. The minimum Gasteiger partial charge on any atom is -0.472 e. The Balaban J connectivity index is 2.45. The first kappa shape index (κ1) is 14.6. The van der Waals surface area contributed by atoms with Crippen molar-refractivity contribution >= 4 is 24.0 Å². The lowest BCUT2D eigenvalue weighted by atomic mass is 10.1. The van der Waals surface area contributed by atoms with Gasteiger partial charge in [0.15, 0.2) is 5.76 Å². The third-order valence-corrected chi connectivity index (χ3v) is 3.25. The fourth-order valence-electron chi connectivity index (χ4n) is 1.70. The Morgan fingerprint density at radius 2 is 2.15 bits per heavy atom. The molecule has 1 aromatic rings. The van der Waals surface area contributed by atoms with Gasteiger partial charge in [-0.1, -0.05) is 0 Å². The maximum Gasteiger partial charge on any atom is 0.511 e. The highest BCUT2D eigenvalue weighted by Gasteiger charge is 2.48. The Kier molecular flexibility index (Phi) is 3.85. The number of carboxylic acid groups (broad SMARTS) is 1. The van der Waals surface area contributed by atoms with E-state index in [0.717, 1.165) is 11.0 Å². The van der Waals surface area contributed by atoms with E-state index in [2.05, 4.69) is 4.74 Å². The highest BCUT2D eigenvalue weighted by atomic mass is 32.2. The van der Waals surface area contributed by atoms with E-state index in [9.17, 15) is 18.0 Å². The van der Waals surface area contributed by atoms with Gasteiger partial charge >= 0.3 is 12.3 Å². The summed E-state index contributed by atoms with van der Waals surface area (Å²) in [5.41, 5.74) is 0.341. The van der Waals surface area contributed by atoms with E-state index in [4.69, 9.17) is 9.84 Å². The lowest BCUT2D eigenvalue weighted by molar-refractivity contribution is -0.191. The van der Waals surface area contributed by atoms with Gasteiger partial charge in [0, 0.05) is 10.5 Å². The van der Waals surface area contributed by atoms with E-state index < -0.39 is 24.2 Å². The summed E-state index contributed by atoms with van der Waals surface area (Å²) in [6, 6.07) is 4.62. The quantitative estimate of drug-likeness (QED) is 0.666. The molecule has 0 fully saturated rings. The van der Waals surface area contributed by atoms with Gasteiger partial charge in [-0.15, -0.1) is 11.8 Å². The normalized spacial score (nSPS) is 17.8. The lowest BCUT2D eigenvalue weighted by Gasteiger charge is -2.27. The summed E-state index contributed by atoms with van der Waals surface area (Å²) in [6.45, 7) is 0. The topological polar surface area (TPSA) is 55.8 Å². The number of hydrogen-bond donors (Lipinski definition) is 1. The average molecular weight is 306 g/mol. The zero-order chi connectivity index (χ0) is 14.9. The first-order valence-electron chi connectivity index (χ1n) is 5.35. The first-order chi connectivity index (χ1) is 9.31. The molecule has 0 aliphatic carbocycles. The molecule has 20 heavy (non-hydrogen) atoms. The summed E-state index contributed by atoms with van der Waals surface area (Å²) in [4.78, 5) is 11.3. The molecule has 0 saturated heterocycles. The van der Waals surface area contributed by atoms with Crippen LogP contribution in [0.1, 0.15) is 5.56 Å². The number of alkyl halides is 3. The van der Waals surface area contributed by atoms with Crippen molar-refractivity contribution in [1.82, 2.24) is 0 Å². The summed E-state index contributed by atoms with van der Waals surface area (Å²) in [5.74, 6) is -0.765. The molecule has 0 spiro atoms. The molecule has 0 radical (unpaired) electrons. The molecule has 8 heteroatoms. The standard InChI is InChI=1S/C12H9F3O4S/c1-20-7-2-3-8-6(4-7)5-9(19-11(16)17)10(18-8)12(13,14)15/h2-5,10H,1H3,(H,16,17). The van der Waals surface area contributed by atoms with Gasteiger partial charge in [-0.25, -0.2) is 4.79 Å². The summed E-state index contributed by atoms with van der Waals surface area (Å²) >= 11 is 1.40. The summed E-state index contributed by atoms with van der Waals surface area (Å²) in [7, 11) is 0. The van der Waals surface area contributed by atoms with Gasteiger partial charge in [0.1, 0.15) is 5.75 Å². The van der Waals surface area contributed by atoms with Crippen molar-refractivity contribution in [2.75, 3.05) is 6.26 Å². The predicted molar refractivity (Wildman–Crippen MR) is 65.8 cm³/mol. The van der Waals surface area contributed by atoms with Gasteiger partial charge in [-0.2, -0.15) is 13.2 Å². The van der Waals surface area contributed by atoms with Crippen molar-refractivity contribution in [3.05, 3.63) is 29.5 Å². The largest absolute Gasteiger partial charge is 0.511 e. The SMILES string of the molecule is CSc1ccc2c(c1)C=C(OC(=O)O)C(C(F)(F)F)O2. The van der Waals surface area contributed by atoms with Crippen molar-refractivity contribution in [1.29, 1.82) is 0 Å². The average Bonchev–Trinajstić information content (AvgIpc) is 2.35. The van der Waals surface area contributed by atoms with Crippen LogP contribution in [0.2, 0.25) is 0 Å². The van der Waals surface area contributed by atoms with Gasteiger partial charge in [-0.05, 0) is 30.5 Å². The van der Waals surface area contributed by atoms with Crippen LogP contribution in [0.3, 0.4) is 0 Å². The molecule has 4 nitrogen and oxygen atoms in total. The number of fused-ring (bicyclic) bond motifs is 1. The van der Waals surface area contributed by atoms with Crippen LogP contribution in [0.5, 0.6) is 5.75 Å². The second kappa shape index (κ2) is 5.28. The predicted octanol–water partition coefficient (Wildman–Crippen LogP) is 3.77. The number of ether oxygens (including phenoxy) is 2. The number of halogens is 3. The van der Waals surface area contributed by atoms with Crippen molar-refractivity contribution in [2.24, 2.45) is 0 Å². The van der Waals surface area contributed by atoms with Gasteiger partial charge in [0.05, 0.1) is 0 Å². The van der Waals surface area contributed by atoms with Crippen LogP contribution in [0.4, 0.5) is 18.0 Å². The Morgan fingerprint density at radius 3 is 2.70 bits per heavy atom. The van der Waals surface area contributed by atoms with Crippen LogP contribution >= 0.6 is 11.8 Å². The molecule has 1 heterocycles. The Labute approximate surface area is 116 Å². The molecule has 0 saturated carbocycles. The molecule has 0 bridgehead atoms. The smallest absolute Gasteiger partial charge is 0.472 e. The van der Waals surface area contributed by atoms with Gasteiger partial charge in [0.2, 0.25) is 0 Å². The molecule has 1 unspecified atom stereocenters. The highest BCUT2D eigenvalue weighted by molar-refractivity contribution is 7.98. The van der Waals surface area contributed by atoms with E-state index in [0.29, 0.717) is 5.56 Å². The second-order valence-corrected chi connectivity index (χ2v) is 4.74. The molecular weight excluding hydrogens is 297 g/mol. The number of hydrogen-bond acceptors (Lipinski definition) is 4. The molecule has 0 aromatic heterocycles. The Bertz CT molecular complexity index is 568.